The molecule has 1 saturated carbocycles. The number of benzene rings is 1. The van der Waals surface area contributed by atoms with Gasteiger partial charge in [0.25, 0.3) is 11.8 Å². The third-order valence-electron chi connectivity index (χ3n) is 6.04. The van der Waals surface area contributed by atoms with E-state index in [1.807, 2.05) is 59.4 Å². The molecule has 7 nitrogen and oxygen atoms in total. The summed E-state index contributed by atoms with van der Waals surface area (Å²) >= 11 is 0. The number of anilines is 1. The lowest BCUT2D eigenvalue weighted by molar-refractivity contribution is -0.119. The first kappa shape index (κ1) is 19.4. The van der Waals surface area contributed by atoms with Crippen LogP contribution >= 0.6 is 0 Å². The number of nitrogens with one attached hydrogen (secondary N) is 1. The fourth-order valence-electron chi connectivity index (χ4n) is 4.34. The minimum atomic E-state index is -0.377. The van der Waals surface area contributed by atoms with Crippen molar-refractivity contribution in [2.45, 2.75) is 38.1 Å². The van der Waals surface area contributed by atoms with Gasteiger partial charge in [-0.05, 0) is 30.5 Å². The second kappa shape index (κ2) is 8.26. The van der Waals surface area contributed by atoms with E-state index >= 15 is 0 Å². The highest BCUT2D eigenvalue weighted by molar-refractivity contribution is 6.04. The highest BCUT2D eigenvalue weighted by Crippen LogP contribution is 2.34. The van der Waals surface area contributed by atoms with Gasteiger partial charge < -0.3 is 5.32 Å². The van der Waals surface area contributed by atoms with Crippen LogP contribution in [0.25, 0.3) is 5.70 Å². The summed E-state index contributed by atoms with van der Waals surface area (Å²) in [4.78, 5) is 24.6. The molecule has 1 fully saturated rings. The Bertz CT molecular complexity index is 1130. The average molecular weight is 413 g/mol. The van der Waals surface area contributed by atoms with E-state index in [1.54, 1.807) is 6.20 Å². The number of aromatic nitrogens is 2. The molecule has 1 unspecified atom stereocenters. The minimum absolute atomic E-state index is 0.180. The molecule has 2 amide bonds. The molecule has 0 bridgehead atoms. The van der Waals surface area contributed by atoms with E-state index in [4.69, 9.17) is 0 Å². The van der Waals surface area contributed by atoms with Gasteiger partial charge in [-0.15, -0.1) is 10.2 Å². The number of rotatable bonds is 4. The summed E-state index contributed by atoms with van der Waals surface area (Å²) in [7, 11) is 0. The van der Waals surface area contributed by atoms with Crippen LogP contribution in [0, 0.1) is 5.92 Å². The molecule has 2 aromatic rings. The third kappa shape index (κ3) is 3.91. The molecule has 2 heterocycles. The van der Waals surface area contributed by atoms with Crippen LogP contribution in [0.15, 0.2) is 76.8 Å². The fourth-order valence-corrected chi connectivity index (χ4v) is 4.34. The van der Waals surface area contributed by atoms with E-state index in [0.29, 0.717) is 23.0 Å². The van der Waals surface area contributed by atoms with Crippen molar-refractivity contribution in [3.63, 3.8) is 0 Å². The van der Waals surface area contributed by atoms with E-state index < -0.39 is 0 Å². The molecule has 1 N–H and O–H groups in total. The Hall–Kier alpha value is -3.61. The molecule has 1 aromatic heterocycles. The lowest BCUT2D eigenvalue weighted by Crippen LogP contribution is -2.17. The van der Waals surface area contributed by atoms with Crippen molar-refractivity contribution in [3.05, 3.63) is 77.7 Å². The number of nitrogens with zero attached hydrogens (tertiary/aromatic N) is 4. The summed E-state index contributed by atoms with van der Waals surface area (Å²) in [5.41, 5.74) is 3.61. The topological polar surface area (TPSA) is 88.7 Å². The molecule has 3 aliphatic rings. The number of hydrogen-bond donors (Lipinski definition) is 1. The largest absolute Gasteiger partial charge is 0.322 e. The van der Waals surface area contributed by atoms with Gasteiger partial charge in [-0.1, -0.05) is 55.7 Å². The number of carbonyl (C=O) groups excluding carboxylic acids is 2. The quantitative estimate of drug-likeness (QED) is 0.757. The maximum absolute atomic E-state index is 12.7. The Labute approximate surface area is 180 Å². The normalized spacial score (nSPS) is 20.8. The summed E-state index contributed by atoms with van der Waals surface area (Å²) in [5, 5.41) is 15.2. The highest BCUT2D eigenvalue weighted by atomic mass is 16.2. The summed E-state index contributed by atoms with van der Waals surface area (Å²) < 4.78 is 1.93. The molecule has 31 heavy (non-hydrogen) atoms. The molecular weight excluding hydrogens is 390 g/mol. The maximum atomic E-state index is 12.7. The van der Waals surface area contributed by atoms with E-state index in [-0.39, 0.29) is 17.7 Å². The van der Waals surface area contributed by atoms with Crippen molar-refractivity contribution >= 4 is 23.2 Å². The van der Waals surface area contributed by atoms with Crippen molar-refractivity contribution in [1.82, 2.24) is 9.78 Å². The Kier molecular flexibility index (Phi) is 5.16. The van der Waals surface area contributed by atoms with Crippen LogP contribution in [0.5, 0.6) is 0 Å². The van der Waals surface area contributed by atoms with E-state index in [9.17, 15) is 9.59 Å². The van der Waals surface area contributed by atoms with Crippen LogP contribution in [-0.4, -0.2) is 21.6 Å². The molecule has 0 radical (unpaired) electrons. The van der Waals surface area contributed by atoms with Crippen LogP contribution < -0.4 is 5.32 Å². The Balaban J connectivity index is 1.30. The lowest BCUT2D eigenvalue weighted by atomic mass is 9.89. The van der Waals surface area contributed by atoms with Gasteiger partial charge in [0.15, 0.2) is 0 Å². The molecule has 1 aliphatic heterocycles. The SMILES string of the molecule is O=C(Nc1ccc(C2=C3C=CC=CC3C(=O)N=N2)cc1)c1cnn(C2CCCCC2)c1. The highest BCUT2D eigenvalue weighted by Gasteiger charge is 2.27. The second-order valence-electron chi connectivity index (χ2n) is 8.10. The second-order valence-corrected chi connectivity index (χ2v) is 8.10. The van der Waals surface area contributed by atoms with Gasteiger partial charge in [0.1, 0.15) is 0 Å². The molecule has 0 spiro atoms. The van der Waals surface area contributed by atoms with Crippen molar-refractivity contribution in [2.24, 2.45) is 16.1 Å². The van der Waals surface area contributed by atoms with Gasteiger partial charge in [-0.3, -0.25) is 14.3 Å². The number of azo groups is 1. The Morgan fingerprint density at radius 1 is 1.03 bits per heavy atom. The minimum Gasteiger partial charge on any atom is -0.322 e. The number of amides is 2. The van der Waals surface area contributed by atoms with Gasteiger partial charge in [0.2, 0.25) is 0 Å². The zero-order valence-electron chi connectivity index (χ0n) is 17.1. The van der Waals surface area contributed by atoms with Crippen molar-refractivity contribution in [3.8, 4) is 0 Å². The van der Waals surface area contributed by atoms with Gasteiger partial charge in [0, 0.05) is 17.4 Å². The van der Waals surface area contributed by atoms with Crippen molar-refractivity contribution in [1.29, 1.82) is 0 Å². The van der Waals surface area contributed by atoms with Crippen LogP contribution in [0.3, 0.4) is 0 Å². The molecule has 1 aromatic carbocycles. The Morgan fingerprint density at radius 2 is 1.84 bits per heavy atom. The molecule has 156 valence electrons. The average Bonchev–Trinajstić information content (AvgIpc) is 3.32. The number of allylic oxidation sites excluding steroid dienone is 3. The third-order valence-corrected chi connectivity index (χ3v) is 6.04. The smallest absolute Gasteiger partial charge is 0.276 e. The fraction of sp³-hybridized carbons (Fsp3) is 0.292. The number of hydrogen-bond acceptors (Lipinski definition) is 4. The van der Waals surface area contributed by atoms with E-state index in [0.717, 1.165) is 24.0 Å². The predicted molar refractivity (Wildman–Crippen MR) is 117 cm³/mol. The molecule has 7 heteroatoms. The summed E-state index contributed by atoms with van der Waals surface area (Å²) in [6, 6.07) is 7.81. The van der Waals surface area contributed by atoms with Crippen LogP contribution in [0.1, 0.15) is 54.1 Å². The molecule has 0 saturated heterocycles. The van der Waals surface area contributed by atoms with Crippen LogP contribution in [0.2, 0.25) is 0 Å². The predicted octanol–water partition coefficient (Wildman–Crippen LogP) is 5.09. The lowest BCUT2D eigenvalue weighted by Gasteiger charge is -2.21. The van der Waals surface area contributed by atoms with Gasteiger partial charge >= 0.3 is 0 Å². The molecular formula is C24H23N5O2. The monoisotopic (exact) mass is 413 g/mol. The number of carbonyl (C=O) groups is 2. The van der Waals surface area contributed by atoms with Crippen LogP contribution in [0.4, 0.5) is 5.69 Å². The molecule has 5 rings (SSSR count). The van der Waals surface area contributed by atoms with Crippen molar-refractivity contribution < 1.29 is 9.59 Å². The van der Waals surface area contributed by atoms with Gasteiger partial charge in [0.05, 0.1) is 29.4 Å². The van der Waals surface area contributed by atoms with Crippen molar-refractivity contribution in [2.75, 3.05) is 5.32 Å². The standard InChI is InChI=1S/C24H23N5O2/c30-23(17-14-25-29(15-17)19-6-2-1-3-7-19)26-18-12-10-16(11-13-18)22-20-8-4-5-9-21(20)24(31)28-27-22/h4-5,8-15,19,21H,1-3,6-7H2,(H,26,30). The van der Waals surface area contributed by atoms with Gasteiger partial charge in [-0.25, -0.2) is 0 Å². The zero-order valence-corrected chi connectivity index (χ0v) is 17.1. The molecule has 1 atom stereocenters. The molecule has 2 aliphatic carbocycles. The zero-order chi connectivity index (χ0) is 21.2. The first-order valence-electron chi connectivity index (χ1n) is 10.7. The van der Waals surface area contributed by atoms with Gasteiger partial charge in [-0.2, -0.15) is 5.10 Å². The Morgan fingerprint density at radius 3 is 2.65 bits per heavy atom. The maximum Gasteiger partial charge on any atom is 0.276 e. The summed E-state index contributed by atoms with van der Waals surface area (Å²) in [6.07, 6.45) is 16.9. The summed E-state index contributed by atoms with van der Waals surface area (Å²) in [6.45, 7) is 0. The van der Waals surface area contributed by atoms with E-state index in [2.05, 4.69) is 20.6 Å². The van der Waals surface area contributed by atoms with E-state index in [1.165, 1.54) is 19.3 Å². The first-order chi connectivity index (χ1) is 15.2. The van der Waals surface area contributed by atoms with Crippen LogP contribution in [-0.2, 0) is 4.79 Å². The number of fused-ring (bicyclic) bond motifs is 1. The first-order valence-corrected chi connectivity index (χ1v) is 10.7. The summed E-state index contributed by atoms with van der Waals surface area (Å²) in [5.74, 6) is -0.810.